The molecular formula is C12H4O12Os4. The van der Waals surface area contributed by atoms with Crippen molar-refractivity contribution < 1.29 is 135 Å². The van der Waals surface area contributed by atoms with Crippen LogP contribution < -0.4 is 0 Å². The second kappa shape index (κ2) is 51800. The van der Waals surface area contributed by atoms with E-state index in [0.717, 1.165) is 0 Å². The molecule has 0 saturated heterocycles. The summed E-state index contributed by atoms with van der Waals surface area (Å²) in [6, 6.07) is 0. The van der Waals surface area contributed by atoms with Gasteiger partial charge >= 0.3 is 215 Å². The molecular weight excluding hydrogens is 1100 g/mol. The molecule has 0 aromatic heterocycles. The molecule has 0 N–H and O–H groups in total. The van der Waals surface area contributed by atoms with Crippen LogP contribution in [0.3, 0.4) is 0 Å². The molecule has 0 aliphatic rings. The number of rotatable bonds is 0. The first-order chi connectivity index (χ1) is 12.0. The van der Waals surface area contributed by atoms with Gasteiger partial charge in [0.05, 0.1) is 0 Å². The molecule has 0 saturated carbocycles. The van der Waals surface area contributed by atoms with E-state index in [0.29, 0.717) is 0 Å². The van der Waals surface area contributed by atoms with Gasteiger partial charge in [0.1, 0.15) is 0 Å². The zero-order chi connectivity index (χ0) is 24.0. The fourth-order valence-electron chi connectivity index (χ4n) is 0. The van der Waals surface area contributed by atoms with Crippen LogP contribution >= 0.6 is 0 Å². The van der Waals surface area contributed by atoms with Gasteiger partial charge in [0.2, 0.25) is 0 Å². The topological polar surface area (TPSA) is 239 Å². The molecule has 0 heterocycles. The summed E-state index contributed by atoms with van der Waals surface area (Å²) in [5.41, 5.74) is 0. The van der Waals surface area contributed by atoms with Crippen LogP contribution in [0.15, 0.2) is 0 Å². The van der Waals surface area contributed by atoms with Crippen LogP contribution in [0.4, 0.5) is 0 Å². The molecule has 0 aliphatic heterocycles. The molecule has 12 nitrogen and oxygen atoms in total. The van der Waals surface area contributed by atoms with Gasteiger partial charge in [0.25, 0.3) is 0 Å². The van der Waals surface area contributed by atoms with E-state index >= 15 is 0 Å². The molecule has 0 spiro atoms. The molecule has 0 aliphatic carbocycles. The number of hydrogen-bond acceptors (Lipinski definition) is 0. The fourth-order valence-corrected chi connectivity index (χ4v) is 0. The maximum absolute atomic E-state index is 7.50. The summed E-state index contributed by atoms with van der Waals surface area (Å²) in [7, 11) is 0. The van der Waals surface area contributed by atoms with E-state index in [1.807, 2.05) is 0 Å². The van der Waals surface area contributed by atoms with Crippen LogP contribution in [0.2, 0.25) is 0 Å². The predicted molar refractivity (Wildman–Crippen MR) is 52.7 cm³/mol. The van der Waals surface area contributed by atoms with Crippen LogP contribution in [0.5, 0.6) is 0 Å². The SMILES string of the molecule is [C-]#[O+].[C-]#[O+].[C-]#[O+].[C-]#[O+].[C-]#[O+].[C-]#[O+].[C-]#[O+].[C-]#[O+].[C-]#[O+].[C-]#[O+].[C-]#[O+].[C-]#[O+].[OsH].[OsH].[OsH].[OsH]. The minimum absolute atomic E-state index is 0. The maximum atomic E-state index is 7.50. The van der Waals surface area contributed by atoms with Gasteiger partial charge in [0.15, 0.2) is 0 Å². The van der Waals surface area contributed by atoms with Crippen LogP contribution in [0, 0.1) is 79.8 Å². The van der Waals surface area contributed by atoms with E-state index in [1.165, 1.54) is 0 Å². The van der Waals surface area contributed by atoms with Gasteiger partial charge < -0.3 is 0 Å². The molecule has 28 heavy (non-hydrogen) atoms. The summed E-state index contributed by atoms with van der Waals surface area (Å²) in [4.78, 5) is 0. The van der Waals surface area contributed by atoms with Crippen molar-refractivity contribution in [3.05, 3.63) is 79.8 Å². The Bertz CT molecular complexity index is 227. The zero-order valence-corrected chi connectivity index (χ0v) is 23.3. The summed E-state index contributed by atoms with van der Waals surface area (Å²) in [6.07, 6.45) is 0. The van der Waals surface area contributed by atoms with Crippen molar-refractivity contribution in [1.29, 1.82) is 0 Å². The average Bonchev–Trinajstić information content (AvgIpc) is 2.84. The van der Waals surface area contributed by atoms with E-state index in [9.17, 15) is 0 Å². The molecule has 0 unspecified atom stereocenters. The van der Waals surface area contributed by atoms with Crippen LogP contribution in [0.25, 0.3) is 0 Å². The molecule has 16 heteroatoms. The summed E-state index contributed by atoms with van der Waals surface area (Å²) in [6.45, 7) is 54.0. The Balaban J connectivity index is -0.00000000396. The van der Waals surface area contributed by atoms with E-state index in [2.05, 4.69) is 79.8 Å². The third-order valence-electron chi connectivity index (χ3n) is 0. The van der Waals surface area contributed by atoms with Crippen molar-refractivity contribution in [2.45, 2.75) is 0 Å². The van der Waals surface area contributed by atoms with Crippen LogP contribution in [-0.4, -0.2) is 0 Å². The third-order valence-corrected chi connectivity index (χ3v) is 0. The monoisotopic (exact) mass is 1110 g/mol. The molecule has 0 aromatic rings. The second-order valence-corrected chi connectivity index (χ2v) is 0. The fraction of sp³-hybridized carbons (Fsp3) is 0. The van der Waals surface area contributed by atoms with Crippen molar-refractivity contribution >= 4 is 0 Å². The summed E-state index contributed by atoms with van der Waals surface area (Å²) in [5.74, 6) is 0. The molecule has 0 rings (SSSR count). The van der Waals surface area contributed by atoms with Gasteiger partial charge in [-0.3, -0.25) is 0 Å². The molecule has 0 amide bonds. The van der Waals surface area contributed by atoms with Crippen LogP contribution in [-0.2, 0) is 135 Å². The van der Waals surface area contributed by atoms with Crippen molar-refractivity contribution in [2.75, 3.05) is 0 Å². The van der Waals surface area contributed by atoms with Crippen molar-refractivity contribution in [3.63, 3.8) is 0 Å². The Kier molecular flexibility index (Phi) is 271000. The Morgan fingerprint density at radius 2 is 0.143 bits per heavy atom. The van der Waals surface area contributed by atoms with E-state index in [1.54, 1.807) is 0 Å². The quantitative estimate of drug-likeness (QED) is 0.198. The van der Waals surface area contributed by atoms with Gasteiger partial charge in [-0.25, -0.2) is 0 Å². The van der Waals surface area contributed by atoms with Crippen molar-refractivity contribution in [2.24, 2.45) is 0 Å². The molecule has 156 valence electrons. The Labute approximate surface area is 213 Å². The van der Waals surface area contributed by atoms with Gasteiger partial charge in [-0.1, -0.05) is 0 Å². The second-order valence-electron chi connectivity index (χ2n) is 0. The summed E-state index contributed by atoms with van der Waals surface area (Å²) >= 11 is 0. The molecule has 0 fully saturated rings. The van der Waals surface area contributed by atoms with Crippen molar-refractivity contribution in [3.8, 4) is 0 Å². The van der Waals surface area contributed by atoms with E-state index in [-0.39, 0.29) is 79.2 Å². The van der Waals surface area contributed by atoms with E-state index in [4.69, 9.17) is 55.8 Å². The molecule has 0 aromatic carbocycles. The van der Waals surface area contributed by atoms with E-state index < -0.39 is 0 Å². The van der Waals surface area contributed by atoms with Gasteiger partial charge in [-0.2, -0.15) is 0 Å². The minimum atomic E-state index is 0. The van der Waals surface area contributed by atoms with Gasteiger partial charge in [-0.15, -0.1) is 0 Å². The Morgan fingerprint density at radius 3 is 0.143 bits per heavy atom. The normalized spacial score (nSPS) is 0.857. The first-order valence-corrected chi connectivity index (χ1v) is 2.45. The molecule has 0 radical (unpaired) electrons. The summed E-state index contributed by atoms with van der Waals surface area (Å²) in [5, 5.41) is 0. The number of hydrogen-bond donors (Lipinski definition) is 0. The van der Waals surface area contributed by atoms with Gasteiger partial charge in [0, 0.05) is 0 Å². The Morgan fingerprint density at radius 1 is 0.143 bits per heavy atom. The molecule has 0 bridgehead atoms. The third kappa shape index (κ3) is 46000. The Hall–Kier alpha value is -0.575. The average molecular weight is 1100 g/mol. The first-order valence-electron chi connectivity index (χ1n) is 2.45. The van der Waals surface area contributed by atoms with Crippen molar-refractivity contribution in [1.82, 2.24) is 0 Å². The zero-order valence-electron chi connectivity index (χ0n) is 12.4. The van der Waals surface area contributed by atoms with Crippen LogP contribution in [0.1, 0.15) is 0 Å². The standard InChI is InChI=1S/12CO.4Os.4H/c12*1-2;;;;;;;;. The summed E-state index contributed by atoms with van der Waals surface area (Å²) < 4.78 is 90.0. The first kappa shape index (κ1) is 147. The molecule has 0 atom stereocenters. The van der Waals surface area contributed by atoms with Gasteiger partial charge in [-0.05, 0) is 0 Å². The predicted octanol–water partition coefficient (Wildman–Crippen LogP) is -1.53.